The summed E-state index contributed by atoms with van der Waals surface area (Å²) in [6.45, 7) is 1.76. The molecule has 4 rings (SSSR count). The van der Waals surface area contributed by atoms with E-state index in [9.17, 15) is 4.79 Å². The summed E-state index contributed by atoms with van der Waals surface area (Å²) >= 11 is 7.25. The molecule has 0 radical (unpaired) electrons. The fourth-order valence-electron chi connectivity index (χ4n) is 2.44. The Balaban J connectivity index is 1.78. The smallest absolute Gasteiger partial charge is 0.245 e. The van der Waals surface area contributed by atoms with Crippen molar-refractivity contribution in [3.05, 3.63) is 75.9 Å². The largest absolute Gasteiger partial charge is 0.357 e. The van der Waals surface area contributed by atoms with Gasteiger partial charge in [0.05, 0.1) is 5.69 Å². The van der Waals surface area contributed by atoms with Gasteiger partial charge in [-0.25, -0.2) is 9.36 Å². The lowest BCUT2D eigenvalue weighted by Gasteiger charge is -1.98. The summed E-state index contributed by atoms with van der Waals surface area (Å²) in [5.41, 5.74) is 1.31. The Labute approximate surface area is 152 Å². The Bertz CT molecular complexity index is 1080. The van der Waals surface area contributed by atoms with Gasteiger partial charge < -0.3 is 0 Å². The average Bonchev–Trinajstić information content (AvgIpc) is 3.21. The summed E-state index contributed by atoms with van der Waals surface area (Å²) < 4.78 is 2.79. The fourth-order valence-corrected chi connectivity index (χ4v) is 3.46. The lowest BCUT2D eigenvalue weighted by Crippen LogP contribution is -2.22. The number of hydrogen-bond donors (Lipinski definition) is 0. The van der Waals surface area contributed by atoms with Crippen LogP contribution in [-0.4, -0.2) is 24.5 Å². The van der Waals surface area contributed by atoms with E-state index >= 15 is 0 Å². The van der Waals surface area contributed by atoms with E-state index in [1.54, 1.807) is 31.2 Å². The van der Waals surface area contributed by atoms with Gasteiger partial charge in [-0.2, -0.15) is 4.68 Å². The Morgan fingerprint density at radius 1 is 1.00 bits per heavy atom. The molecule has 0 aliphatic rings. The van der Waals surface area contributed by atoms with E-state index in [0.29, 0.717) is 21.7 Å². The molecular weight excluding hydrogens is 358 g/mol. The van der Waals surface area contributed by atoms with Gasteiger partial charge in [0.1, 0.15) is 10.8 Å². The first-order valence-corrected chi connectivity index (χ1v) is 8.67. The zero-order chi connectivity index (χ0) is 17.4. The van der Waals surface area contributed by atoms with Crippen molar-refractivity contribution in [2.75, 3.05) is 0 Å². The molecule has 0 saturated carbocycles. The van der Waals surface area contributed by atoms with E-state index in [4.69, 9.17) is 11.6 Å². The van der Waals surface area contributed by atoms with Crippen molar-refractivity contribution in [1.82, 2.24) is 24.5 Å². The number of hydrogen-bond acceptors (Lipinski definition) is 5. The van der Waals surface area contributed by atoms with E-state index in [1.165, 1.54) is 20.6 Å². The van der Waals surface area contributed by atoms with Gasteiger partial charge in [-0.15, -0.1) is 15.3 Å². The van der Waals surface area contributed by atoms with Crippen molar-refractivity contribution in [3.8, 4) is 21.4 Å². The van der Waals surface area contributed by atoms with Crippen LogP contribution in [0.2, 0.25) is 5.02 Å². The van der Waals surface area contributed by atoms with E-state index in [2.05, 4.69) is 15.3 Å². The maximum atomic E-state index is 12.8. The predicted octanol–water partition coefficient (Wildman–Crippen LogP) is 3.50. The SMILES string of the molecule is Cc1nn(-c2ccc(Cl)cc2)c(=O)n1-c1nnc(-c2ccccc2)s1. The highest BCUT2D eigenvalue weighted by Gasteiger charge is 2.17. The monoisotopic (exact) mass is 369 g/mol. The van der Waals surface area contributed by atoms with E-state index in [0.717, 1.165) is 10.6 Å². The van der Waals surface area contributed by atoms with Crippen LogP contribution in [0.5, 0.6) is 0 Å². The first-order chi connectivity index (χ1) is 12.1. The van der Waals surface area contributed by atoms with Crippen molar-refractivity contribution in [1.29, 1.82) is 0 Å². The highest BCUT2D eigenvalue weighted by molar-refractivity contribution is 7.17. The van der Waals surface area contributed by atoms with Gasteiger partial charge >= 0.3 is 5.69 Å². The Kier molecular flexibility index (Phi) is 3.95. The van der Waals surface area contributed by atoms with Gasteiger partial charge in [-0.1, -0.05) is 53.3 Å². The Morgan fingerprint density at radius 3 is 2.44 bits per heavy atom. The summed E-state index contributed by atoms with van der Waals surface area (Å²) in [7, 11) is 0. The molecule has 0 bridgehead atoms. The third-order valence-electron chi connectivity index (χ3n) is 3.64. The van der Waals surface area contributed by atoms with Crippen LogP contribution >= 0.6 is 22.9 Å². The maximum absolute atomic E-state index is 12.8. The number of rotatable bonds is 3. The molecule has 0 saturated heterocycles. The zero-order valence-corrected chi connectivity index (χ0v) is 14.7. The van der Waals surface area contributed by atoms with Gasteiger partial charge in [0, 0.05) is 10.6 Å². The van der Waals surface area contributed by atoms with Crippen molar-refractivity contribution < 1.29 is 0 Å². The molecule has 0 spiro atoms. The van der Waals surface area contributed by atoms with Gasteiger partial charge in [0.25, 0.3) is 0 Å². The van der Waals surface area contributed by atoms with Gasteiger partial charge in [0.2, 0.25) is 5.13 Å². The topological polar surface area (TPSA) is 65.6 Å². The number of benzene rings is 2. The normalized spacial score (nSPS) is 11.0. The molecule has 2 aromatic heterocycles. The average molecular weight is 370 g/mol. The van der Waals surface area contributed by atoms with Crippen molar-refractivity contribution in [2.24, 2.45) is 0 Å². The molecule has 2 heterocycles. The van der Waals surface area contributed by atoms with Crippen LogP contribution in [0.3, 0.4) is 0 Å². The Morgan fingerprint density at radius 2 is 1.72 bits per heavy atom. The molecule has 2 aromatic carbocycles. The second-order valence-electron chi connectivity index (χ2n) is 5.31. The second kappa shape index (κ2) is 6.27. The molecule has 0 aliphatic carbocycles. The number of halogens is 1. The van der Waals surface area contributed by atoms with Crippen molar-refractivity contribution in [3.63, 3.8) is 0 Å². The molecule has 4 aromatic rings. The molecule has 8 heteroatoms. The molecule has 124 valence electrons. The molecule has 0 atom stereocenters. The summed E-state index contributed by atoms with van der Waals surface area (Å²) in [5.74, 6) is 0.538. The van der Waals surface area contributed by atoms with Crippen LogP contribution in [0.4, 0.5) is 0 Å². The summed E-state index contributed by atoms with van der Waals surface area (Å²) in [4.78, 5) is 12.8. The highest BCUT2D eigenvalue weighted by Crippen LogP contribution is 2.25. The standard InChI is InChI=1S/C17H12ClN5OS/c1-11-21-23(14-9-7-13(18)8-10-14)17(24)22(11)16-20-19-15(25-16)12-5-3-2-4-6-12/h2-10H,1H3. The summed E-state index contributed by atoms with van der Waals surface area (Å²) in [6.07, 6.45) is 0. The number of aromatic nitrogens is 5. The van der Waals surface area contributed by atoms with E-state index in [1.807, 2.05) is 30.3 Å². The van der Waals surface area contributed by atoms with Crippen LogP contribution < -0.4 is 5.69 Å². The second-order valence-corrected chi connectivity index (χ2v) is 6.70. The van der Waals surface area contributed by atoms with Crippen LogP contribution in [0.1, 0.15) is 5.82 Å². The van der Waals surface area contributed by atoms with Crippen LogP contribution in [0.15, 0.2) is 59.4 Å². The molecular formula is C17H12ClN5OS. The molecule has 0 aliphatic heterocycles. The van der Waals surface area contributed by atoms with Gasteiger partial charge in [-0.3, -0.25) is 0 Å². The number of nitrogens with zero attached hydrogens (tertiary/aromatic N) is 5. The predicted molar refractivity (Wildman–Crippen MR) is 97.8 cm³/mol. The fraction of sp³-hybridized carbons (Fsp3) is 0.0588. The Hall–Kier alpha value is -2.77. The first-order valence-electron chi connectivity index (χ1n) is 7.47. The lowest BCUT2D eigenvalue weighted by molar-refractivity contribution is 0.824. The van der Waals surface area contributed by atoms with Crippen LogP contribution in [0, 0.1) is 6.92 Å². The molecule has 0 unspecified atom stereocenters. The molecule has 6 nitrogen and oxygen atoms in total. The van der Waals surface area contributed by atoms with Gasteiger partial charge in [-0.05, 0) is 31.2 Å². The summed E-state index contributed by atoms with van der Waals surface area (Å²) in [6, 6.07) is 16.7. The molecule has 0 fully saturated rings. The molecule has 0 N–H and O–H groups in total. The quantitative estimate of drug-likeness (QED) is 0.554. The highest BCUT2D eigenvalue weighted by atomic mass is 35.5. The van der Waals surface area contributed by atoms with E-state index in [-0.39, 0.29) is 5.69 Å². The molecule has 0 amide bonds. The van der Waals surface area contributed by atoms with Gasteiger partial charge in [0.15, 0.2) is 0 Å². The van der Waals surface area contributed by atoms with Crippen LogP contribution in [-0.2, 0) is 0 Å². The third-order valence-corrected chi connectivity index (χ3v) is 4.85. The van der Waals surface area contributed by atoms with Crippen molar-refractivity contribution in [2.45, 2.75) is 6.92 Å². The minimum absolute atomic E-state index is 0.296. The third kappa shape index (κ3) is 2.88. The van der Waals surface area contributed by atoms with Crippen molar-refractivity contribution >= 4 is 22.9 Å². The zero-order valence-electron chi connectivity index (χ0n) is 13.1. The van der Waals surface area contributed by atoms with E-state index < -0.39 is 0 Å². The number of aryl methyl sites for hydroxylation is 1. The first kappa shape index (κ1) is 15.7. The lowest BCUT2D eigenvalue weighted by atomic mass is 10.2. The molecule has 25 heavy (non-hydrogen) atoms. The van der Waals surface area contributed by atoms with Crippen LogP contribution in [0.25, 0.3) is 21.4 Å². The minimum Gasteiger partial charge on any atom is -0.245 e. The summed E-state index contributed by atoms with van der Waals surface area (Å²) in [5, 5.41) is 14.5. The maximum Gasteiger partial charge on any atom is 0.357 e. The minimum atomic E-state index is -0.296.